The molecule has 0 rings (SSSR count). The minimum absolute atomic E-state index is 0.366. The average Bonchev–Trinajstić information content (AvgIpc) is 1.95. The molecular weight excluding hydrogens is 171 g/mol. The summed E-state index contributed by atoms with van der Waals surface area (Å²) < 4.78 is 39.3. The molecule has 0 aliphatic heterocycles. The molecule has 0 amide bonds. The van der Waals surface area contributed by atoms with Gasteiger partial charge in [-0.05, 0) is 26.3 Å². The molecule has 0 aromatic heterocycles. The second kappa shape index (κ2) is 5.37. The Morgan fingerprint density at radius 1 is 1.42 bits per heavy atom. The van der Waals surface area contributed by atoms with Crippen molar-refractivity contribution in [2.24, 2.45) is 5.73 Å². The monoisotopic (exact) mass is 185 g/mol. The fourth-order valence-corrected chi connectivity index (χ4v) is 0.725. The molecule has 1 atom stereocenters. The predicted octanol–water partition coefficient (Wildman–Crippen LogP) is 1.69. The molecule has 1 unspecified atom stereocenters. The van der Waals surface area contributed by atoms with E-state index in [9.17, 15) is 13.2 Å². The van der Waals surface area contributed by atoms with Crippen LogP contribution in [0.25, 0.3) is 0 Å². The highest BCUT2D eigenvalue weighted by Crippen LogP contribution is 2.16. The van der Waals surface area contributed by atoms with Gasteiger partial charge in [0.2, 0.25) is 0 Å². The lowest BCUT2D eigenvalue weighted by Gasteiger charge is -2.13. The molecule has 0 saturated carbocycles. The first kappa shape index (κ1) is 11.7. The Kier molecular flexibility index (Phi) is 5.24. The van der Waals surface area contributed by atoms with Crippen LogP contribution >= 0.6 is 0 Å². The fourth-order valence-electron chi connectivity index (χ4n) is 0.725. The lowest BCUT2D eigenvalue weighted by Crippen LogP contribution is -2.22. The standard InChI is InChI=1S/C7H14F3NO/c1-6(3-2-4-11)12-5-7(8,9)10/h6H,2-5,11H2,1H3. The molecule has 0 saturated heterocycles. The predicted molar refractivity (Wildman–Crippen MR) is 39.8 cm³/mol. The Morgan fingerprint density at radius 3 is 2.42 bits per heavy atom. The third-order valence-electron chi connectivity index (χ3n) is 1.35. The number of alkyl halides is 3. The van der Waals surface area contributed by atoms with E-state index in [4.69, 9.17) is 5.73 Å². The highest BCUT2D eigenvalue weighted by molar-refractivity contribution is 4.54. The van der Waals surface area contributed by atoms with Crippen LogP contribution < -0.4 is 5.73 Å². The van der Waals surface area contributed by atoms with E-state index >= 15 is 0 Å². The summed E-state index contributed by atoms with van der Waals surface area (Å²) in [5, 5.41) is 0. The molecule has 0 heterocycles. The smallest absolute Gasteiger partial charge is 0.369 e. The van der Waals surface area contributed by atoms with Crippen molar-refractivity contribution in [1.29, 1.82) is 0 Å². The van der Waals surface area contributed by atoms with Gasteiger partial charge in [0.1, 0.15) is 6.61 Å². The first-order chi connectivity index (χ1) is 5.45. The van der Waals surface area contributed by atoms with Gasteiger partial charge in [0.25, 0.3) is 0 Å². The van der Waals surface area contributed by atoms with Crippen molar-refractivity contribution in [1.82, 2.24) is 0 Å². The van der Waals surface area contributed by atoms with Crippen LogP contribution in [0.15, 0.2) is 0 Å². The van der Waals surface area contributed by atoms with Gasteiger partial charge in [-0.25, -0.2) is 0 Å². The van der Waals surface area contributed by atoms with Gasteiger partial charge in [-0.3, -0.25) is 0 Å². The molecule has 0 radical (unpaired) electrons. The maximum atomic E-state index is 11.6. The van der Waals surface area contributed by atoms with Crippen molar-refractivity contribution < 1.29 is 17.9 Å². The van der Waals surface area contributed by atoms with Crippen LogP contribution in [0.4, 0.5) is 13.2 Å². The first-order valence-electron chi connectivity index (χ1n) is 3.84. The SMILES string of the molecule is CC(CCCN)OCC(F)(F)F. The van der Waals surface area contributed by atoms with Crippen molar-refractivity contribution >= 4 is 0 Å². The number of rotatable bonds is 5. The van der Waals surface area contributed by atoms with E-state index in [0.717, 1.165) is 0 Å². The maximum Gasteiger partial charge on any atom is 0.411 e. The Morgan fingerprint density at radius 2 is 2.00 bits per heavy atom. The van der Waals surface area contributed by atoms with E-state index in [-0.39, 0.29) is 6.10 Å². The zero-order chi connectivity index (χ0) is 9.61. The minimum Gasteiger partial charge on any atom is -0.369 e. The topological polar surface area (TPSA) is 35.2 Å². The molecule has 74 valence electrons. The second-order valence-corrected chi connectivity index (χ2v) is 2.67. The first-order valence-corrected chi connectivity index (χ1v) is 3.84. The molecule has 0 bridgehead atoms. The lowest BCUT2D eigenvalue weighted by molar-refractivity contribution is -0.184. The van der Waals surface area contributed by atoms with Gasteiger partial charge in [0.05, 0.1) is 6.10 Å². The zero-order valence-electron chi connectivity index (χ0n) is 7.03. The molecule has 0 aliphatic rings. The summed E-state index contributed by atoms with van der Waals surface area (Å²) in [7, 11) is 0. The second-order valence-electron chi connectivity index (χ2n) is 2.67. The maximum absolute atomic E-state index is 11.6. The highest BCUT2D eigenvalue weighted by Gasteiger charge is 2.28. The number of nitrogens with two attached hydrogens (primary N) is 1. The summed E-state index contributed by atoms with van der Waals surface area (Å²) in [4.78, 5) is 0. The summed E-state index contributed by atoms with van der Waals surface area (Å²) >= 11 is 0. The summed E-state index contributed by atoms with van der Waals surface area (Å²) in [5.41, 5.74) is 5.18. The Labute approximate surface area is 69.9 Å². The van der Waals surface area contributed by atoms with Crippen LogP contribution in [-0.2, 0) is 4.74 Å². The molecule has 12 heavy (non-hydrogen) atoms. The van der Waals surface area contributed by atoms with Gasteiger partial charge in [0.15, 0.2) is 0 Å². The van der Waals surface area contributed by atoms with Crippen LogP contribution in [0.1, 0.15) is 19.8 Å². The summed E-state index contributed by atoms with van der Waals surface area (Å²) in [6, 6.07) is 0. The largest absolute Gasteiger partial charge is 0.411 e. The molecule has 0 fully saturated rings. The van der Waals surface area contributed by atoms with E-state index in [0.29, 0.717) is 19.4 Å². The third kappa shape index (κ3) is 7.81. The number of hydrogen-bond acceptors (Lipinski definition) is 2. The molecule has 0 spiro atoms. The lowest BCUT2D eigenvalue weighted by atomic mass is 10.2. The van der Waals surface area contributed by atoms with Crippen molar-refractivity contribution in [2.45, 2.75) is 32.0 Å². The van der Waals surface area contributed by atoms with E-state index in [1.807, 2.05) is 0 Å². The van der Waals surface area contributed by atoms with Crippen molar-refractivity contribution in [3.8, 4) is 0 Å². The minimum atomic E-state index is -4.23. The van der Waals surface area contributed by atoms with Gasteiger partial charge < -0.3 is 10.5 Å². The van der Waals surface area contributed by atoms with Gasteiger partial charge in [-0.1, -0.05) is 0 Å². The van der Waals surface area contributed by atoms with Crippen LogP contribution in [0.5, 0.6) is 0 Å². The summed E-state index contributed by atoms with van der Waals surface area (Å²) in [6.45, 7) is 0.930. The van der Waals surface area contributed by atoms with Crippen LogP contribution in [0.2, 0.25) is 0 Å². The summed E-state index contributed by atoms with van der Waals surface area (Å²) in [5.74, 6) is 0. The van der Waals surface area contributed by atoms with Gasteiger partial charge in [0, 0.05) is 0 Å². The molecule has 2 nitrogen and oxygen atoms in total. The number of halogens is 3. The van der Waals surface area contributed by atoms with Crippen molar-refractivity contribution in [3.05, 3.63) is 0 Å². The normalized spacial score (nSPS) is 14.8. The molecule has 0 aromatic rings. The van der Waals surface area contributed by atoms with Gasteiger partial charge in [-0.2, -0.15) is 13.2 Å². The fraction of sp³-hybridized carbons (Fsp3) is 1.00. The molecule has 0 aromatic carbocycles. The van der Waals surface area contributed by atoms with Crippen LogP contribution in [0, 0.1) is 0 Å². The molecule has 5 heteroatoms. The van der Waals surface area contributed by atoms with Crippen LogP contribution in [0.3, 0.4) is 0 Å². The van der Waals surface area contributed by atoms with E-state index in [2.05, 4.69) is 4.74 Å². The van der Waals surface area contributed by atoms with Crippen LogP contribution in [-0.4, -0.2) is 25.4 Å². The van der Waals surface area contributed by atoms with Gasteiger partial charge >= 0.3 is 6.18 Å². The molecule has 0 aliphatic carbocycles. The van der Waals surface area contributed by atoms with E-state index < -0.39 is 12.8 Å². The quantitative estimate of drug-likeness (QED) is 0.707. The summed E-state index contributed by atoms with van der Waals surface area (Å²) in [6.07, 6.45) is -3.32. The van der Waals surface area contributed by atoms with E-state index in [1.54, 1.807) is 6.92 Å². The Bertz CT molecular complexity index is 116. The molecule has 2 N–H and O–H groups in total. The zero-order valence-corrected chi connectivity index (χ0v) is 7.03. The average molecular weight is 185 g/mol. The number of hydrogen-bond donors (Lipinski definition) is 1. The third-order valence-corrected chi connectivity index (χ3v) is 1.35. The Balaban J connectivity index is 3.37. The van der Waals surface area contributed by atoms with E-state index in [1.165, 1.54) is 0 Å². The van der Waals surface area contributed by atoms with Crippen molar-refractivity contribution in [3.63, 3.8) is 0 Å². The Hall–Kier alpha value is -0.290. The number of ether oxygens (including phenoxy) is 1. The van der Waals surface area contributed by atoms with Crippen molar-refractivity contribution in [2.75, 3.05) is 13.2 Å². The van der Waals surface area contributed by atoms with Gasteiger partial charge in [-0.15, -0.1) is 0 Å². The highest BCUT2D eigenvalue weighted by atomic mass is 19.4. The molecular formula is C7H14F3NO.